The topological polar surface area (TPSA) is 170 Å². The summed E-state index contributed by atoms with van der Waals surface area (Å²) in [6, 6.07) is 16.3. The van der Waals surface area contributed by atoms with Crippen molar-refractivity contribution >= 4 is 58.3 Å². The highest BCUT2D eigenvalue weighted by molar-refractivity contribution is 6.40. The van der Waals surface area contributed by atoms with Gasteiger partial charge in [0.05, 0.1) is 27.8 Å². The summed E-state index contributed by atoms with van der Waals surface area (Å²) >= 11 is 12.7. The fraction of sp³-hybridized carbons (Fsp3) is 0.214. The molecule has 1 atom stereocenters. The van der Waals surface area contributed by atoms with E-state index >= 15 is 0 Å². The van der Waals surface area contributed by atoms with Gasteiger partial charge in [0.25, 0.3) is 5.91 Å². The molecule has 0 spiro atoms. The Labute approximate surface area is 246 Å². The first-order valence-electron chi connectivity index (χ1n) is 12.6. The minimum absolute atomic E-state index is 0.0582. The van der Waals surface area contributed by atoms with E-state index in [9.17, 15) is 19.5 Å². The molecule has 0 aliphatic carbocycles. The molecule has 1 heterocycles. The van der Waals surface area contributed by atoms with Crippen LogP contribution < -0.4 is 31.3 Å². The second kappa shape index (κ2) is 13.2. The molecule has 1 aliphatic rings. The van der Waals surface area contributed by atoms with Gasteiger partial charge in [0.1, 0.15) is 18.4 Å². The van der Waals surface area contributed by atoms with E-state index in [1.165, 1.54) is 0 Å². The van der Waals surface area contributed by atoms with E-state index in [0.29, 0.717) is 36.7 Å². The van der Waals surface area contributed by atoms with Gasteiger partial charge in [0.2, 0.25) is 5.91 Å². The molecule has 7 N–H and O–H groups in total. The van der Waals surface area contributed by atoms with Crippen molar-refractivity contribution in [1.82, 2.24) is 10.6 Å². The molecule has 1 aliphatic heterocycles. The summed E-state index contributed by atoms with van der Waals surface area (Å²) in [4.78, 5) is 39.3. The van der Waals surface area contributed by atoms with E-state index in [1.807, 2.05) is 35.2 Å². The number of fused-ring (bicyclic) bond motifs is 1. The van der Waals surface area contributed by atoms with Crippen molar-refractivity contribution in [3.63, 3.8) is 0 Å². The van der Waals surface area contributed by atoms with Crippen molar-refractivity contribution in [3.8, 4) is 16.9 Å². The average molecular weight is 599 g/mol. The third-order valence-corrected chi connectivity index (χ3v) is 6.89. The number of rotatable bonds is 10. The summed E-state index contributed by atoms with van der Waals surface area (Å²) < 4.78 is 5.67. The van der Waals surface area contributed by atoms with Gasteiger partial charge in [0, 0.05) is 25.2 Å². The highest BCUT2D eigenvalue weighted by Crippen LogP contribution is 2.34. The molecule has 0 aromatic heterocycles. The molecule has 0 bridgehead atoms. The largest absolute Gasteiger partial charge is 0.490 e. The normalized spacial score (nSPS) is 12.9. The fourth-order valence-corrected chi connectivity index (χ4v) is 4.96. The highest BCUT2D eigenvalue weighted by Gasteiger charge is 2.25. The van der Waals surface area contributed by atoms with Crippen LogP contribution in [0.2, 0.25) is 10.0 Å². The Bertz CT molecular complexity index is 1450. The van der Waals surface area contributed by atoms with Crippen LogP contribution in [0, 0.1) is 5.41 Å². The zero-order valence-corrected chi connectivity index (χ0v) is 23.3. The molecular formula is C28H28Cl2N6O5. The van der Waals surface area contributed by atoms with Gasteiger partial charge >= 0.3 is 5.97 Å². The Balaban J connectivity index is 1.35. The van der Waals surface area contributed by atoms with Gasteiger partial charge in [-0.1, -0.05) is 53.5 Å². The number of nitrogens with two attached hydrogens (primary N) is 1. The zero-order chi connectivity index (χ0) is 29.5. The van der Waals surface area contributed by atoms with Crippen LogP contribution in [0.4, 0.5) is 11.4 Å². The number of benzene rings is 3. The SMILES string of the molecule is N=C(N)Nc1ccc2c(c1)N(CCC(=O)NC[C@H](NC(=O)c1c(Cl)cc(-c3ccccc3)cc1Cl)C(=O)O)CCO2. The Morgan fingerprint density at radius 3 is 2.41 bits per heavy atom. The molecule has 214 valence electrons. The summed E-state index contributed by atoms with van der Waals surface area (Å²) in [5, 5.41) is 24.9. The van der Waals surface area contributed by atoms with Gasteiger partial charge in [-0.05, 0) is 41.5 Å². The number of guanidine groups is 1. The first-order chi connectivity index (χ1) is 19.6. The van der Waals surface area contributed by atoms with E-state index < -0.39 is 23.8 Å². The molecule has 3 aromatic rings. The molecule has 2 amide bonds. The van der Waals surface area contributed by atoms with Crippen LogP contribution in [0.1, 0.15) is 16.8 Å². The molecule has 11 nitrogen and oxygen atoms in total. The third-order valence-electron chi connectivity index (χ3n) is 6.29. The predicted molar refractivity (Wildman–Crippen MR) is 158 cm³/mol. The lowest BCUT2D eigenvalue weighted by Gasteiger charge is -2.31. The van der Waals surface area contributed by atoms with Crippen LogP contribution in [0.25, 0.3) is 11.1 Å². The van der Waals surface area contributed by atoms with E-state index in [2.05, 4.69) is 16.0 Å². The molecule has 4 rings (SSSR count). The van der Waals surface area contributed by atoms with E-state index in [0.717, 1.165) is 11.3 Å². The second-order valence-corrected chi connectivity index (χ2v) is 9.97. The summed E-state index contributed by atoms with van der Waals surface area (Å²) in [6.07, 6.45) is 0.0582. The summed E-state index contributed by atoms with van der Waals surface area (Å²) in [5.41, 5.74) is 8.24. The Kier molecular flexibility index (Phi) is 9.53. The van der Waals surface area contributed by atoms with Crippen LogP contribution >= 0.6 is 23.2 Å². The minimum Gasteiger partial charge on any atom is -0.490 e. The van der Waals surface area contributed by atoms with Gasteiger partial charge in [-0.25, -0.2) is 4.79 Å². The van der Waals surface area contributed by atoms with E-state index in [4.69, 9.17) is 39.1 Å². The third kappa shape index (κ3) is 7.59. The molecule has 0 fully saturated rings. The number of amides is 2. The van der Waals surface area contributed by atoms with Crippen LogP contribution in [0.3, 0.4) is 0 Å². The Hall–Kier alpha value is -4.48. The lowest BCUT2D eigenvalue weighted by molar-refractivity contribution is -0.139. The maximum atomic E-state index is 12.9. The van der Waals surface area contributed by atoms with Crippen molar-refractivity contribution in [1.29, 1.82) is 5.41 Å². The molecule has 0 unspecified atom stereocenters. The maximum absolute atomic E-state index is 12.9. The molecule has 13 heteroatoms. The van der Waals surface area contributed by atoms with Crippen molar-refractivity contribution in [2.45, 2.75) is 12.5 Å². The van der Waals surface area contributed by atoms with Crippen LogP contribution in [-0.4, -0.2) is 61.1 Å². The number of carbonyl (C=O) groups is 3. The number of anilines is 2. The molecule has 0 saturated heterocycles. The fourth-order valence-electron chi connectivity index (χ4n) is 4.30. The number of carboxylic acids is 1. The Morgan fingerprint density at radius 1 is 1.05 bits per heavy atom. The first-order valence-corrected chi connectivity index (χ1v) is 13.4. The molecule has 0 radical (unpaired) electrons. The minimum atomic E-state index is -1.42. The van der Waals surface area contributed by atoms with E-state index in [-0.39, 0.29) is 34.5 Å². The van der Waals surface area contributed by atoms with Gasteiger partial charge in [-0.15, -0.1) is 0 Å². The number of nitrogens with one attached hydrogen (secondary N) is 4. The number of halogens is 2. The summed E-state index contributed by atoms with van der Waals surface area (Å²) in [7, 11) is 0. The standard InChI is InChI=1S/C28H28Cl2N6O5/c29-19-12-17(16-4-2-1-3-5-16)13-20(30)25(19)26(38)35-21(27(39)40)15-33-24(37)8-9-36-10-11-41-23-7-6-18(14-22(23)36)34-28(31)32/h1-7,12-14,21H,8-11,15H2,(H,33,37)(H,35,38)(H,39,40)(H4,31,32,34)/t21-/m0/s1. The first kappa shape index (κ1) is 29.5. The number of carboxylic acid groups (broad SMARTS) is 1. The van der Waals surface area contributed by atoms with Crippen molar-refractivity contribution in [2.75, 3.05) is 36.5 Å². The van der Waals surface area contributed by atoms with Gasteiger partial charge in [-0.3, -0.25) is 15.0 Å². The molecule has 3 aromatic carbocycles. The predicted octanol–water partition coefficient (Wildman–Crippen LogP) is 3.55. The summed E-state index contributed by atoms with van der Waals surface area (Å²) in [6.45, 7) is 0.944. The van der Waals surface area contributed by atoms with Crippen LogP contribution in [-0.2, 0) is 9.59 Å². The monoisotopic (exact) mass is 598 g/mol. The molecule has 0 saturated carbocycles. The molecular weight excluding hydrogens is 571 g/mol. The van der Waals surface area contributed by atoms with Crippen molar-refractivity contribution < 1.29 is 24.2 Å². The molecule has 41 heavy (non-hydrogen) atoms. The van der Waals surface area contributed by atoms with Crippen molar-refractivity contribution in [3.05, 3.63) is 76.3 Å². The number of carbonyl (C=O) groups excluding carboxylic acids is 2. The average Bonchev–Trinajstić information content (AvgIpc) is 2.93. The highest BCUT2D eigenvalue weighted by atomic mass is 35.5. The quantitative estimate of drug-likeness (QED) is 0.152. The number of hydrogen-bond donors (Lipinski definition) is 6. The van der Waals surface area contributed by atoms with Crippen LogP contribution in [0.5, 0.6) is 5.75 Å². The maximum Gasteiger partial charge on any atom is 0.328 e. The lowest BCUT2D eigenvalue weighted by atomic mass is 10.0. The van der Waals surface area contributed by atoms with Gasteiger partial charge < -0.3 is 36.4 Å². The van der Waals surface area contributed by atoms with Gasteiger partial charge in [-0.2, -0.15) is 0 Å². The Morgan fingerprint density at radius 2 is 1.76 bits per heavy atom. The van der Waals surface area contributed by atoms with Crippen molar-refractivity contribution in [2.24, 2.45) is 5.73 Å². The van der Waals surface area contributed by atoms with Gasteiger partial charge in [0.15, 0.2) is 5.96 Å². The number of nitrogens with zero attached hydrogens (tertiary/aromatic N) is 1. The van der Waals surface area contributed by atoms with Crippen LogP contribution in [0.15, 0.2) is 60.7 Å². The number of aliphatic carboxylic acids is 1. The second-order valence-electron chi connectivity index (χ2n) is 9.16. The lowest BCUT2D eigenvalue weighted by Crippen LogP contribution is -2.49. The number of ether oxygens (including phenoxy) is 1. The smallest absolute Gasteiger partial charge is 0.328 e. The number of hydrogen-bond acceptors (Lipinski definition) is 6. The zero-order valence-electron chi connectivity index (χ0n) is 21.7. The van der Waals surface area contributed by atoms with E-state index in [1.54, 1.807) is 30.3 Å². The summed E-state index contributed by atoms with van der Waals surface area (Å²) in [5.74, 6) is -2.09.